The summed E-state index contributed by atoms with van der Waals surface area (Å²) in [6.07, 6.45) is 1.71. The molecule has 2 aromatic carbocycles. The maximum absolute atomic E-state index is 13.4. The van der Waals surface area contributed by atoms with E-state index < -0.39 is 95.2 Å². The minimum Gasteiger partial charge on any atom is -0.480 e. The van der Waals surface area contributed by atoms with Gasteiger partial charge in [0.1, 0.15) is 0 Å². The van der Waals surface area contributed by atoms with Crippen molar-refractivity contribution in [3.05, 3.63) is 71.8 Å². The Morgan fingerprint density at radius 1 is 0.722 bits per heavy atom. The minimum atomic E-state index is -4.83. The van der Waals surface area contributed by atoms with Crippen LogP contribution in [0.1, 0.15) is 56.6 Å². The fraction of sp³-hybridized carbons (Fsp3) is 0.528. The Balaban J connectivity index is 1.78. The SMILES string of the molecule is CCC(CCN(CC(=O)O)CC(COP(=O)(O)OC1CCC(c2ccccc2)(c2ccccc2)CC1)N(CC(=O)O)CC(=O)O)N(CC(=O)O)CC(=O)O. The number of hydrogen-bond donors (Lipinski definition) is 6. The summed E-state index contributed by atoms with van der Waals surface area (Å²) in [5, 5.41) is 47.5. The average molecular weight is 780 g/mol. The quantitative estimate of drug-likeness (QED) is 0.0793. The van der Waals surface area contributed by atoms with E-state index in [1.54, 1.807) is 6.92 Å². The Bertz CT molecular complexity index is 1520. The molecule has 0 bridgehead atoms. The van der Waals surface area contributed by atoms with Crippen molar-refractivity contribution >= 4 is 37.7 Å². The summed E-state index contributed by atoms with van der Waals surface area (Å²) in [7, 11) is -4.83. The lowest BCUT2D eigenvalue weighted by Crippen LogP contribution is -2.51. The molecule has 1 saturated carbocycles. The van der Waals surface area contributed by atoms with Crippen molar-refractivity contribution in [1.82, 2.24) is 14.7 Å². The van der Waals surface area contributed by atoms with E-state index in [4.69, 9.17) is 9.05 Å². The number of benzene rings is 2. The first-order chi connectivity index (χ1) is 25.5. The van der Waals surface area contributed by atoms with Crippen molar-refractivity contribution in [2.75, 3.05) is 52.4 Å². The van der Waals surface area contributed by atoms with Gasteiger partial charge in [0.05, 0.1) is 45.4 Å². The molecule has 6 N–H and O–H groups in total. The zero-order valence-electron chi connectivity index (χ0n) is 30.1. The van der Waals surface area contributed by atoms with Gasteiger partial charge in [0.2, 0.25) is 0 Å². The van der Waals surface area contributed by atoms with Crippen LogP contribution in [-0.2, 0) is 43.0 Å². The molecule has 3 unspecified atom stereocenters. The first kappa shape index (κ1) is 44.2. The summed E-state index contributed by atoms with van der Waals surface area (Å²) in [6, 6.07) is 18.0. The summed E-state index contributed by atoms with van der Waals surface area (Å²) in [5.74, 6) is -6.65. The molecule has 2 aromatic rings. The Hall–Kier alpha value is -4.22. The van der Waals surface area contributed by atoms with E-state index in [1.807, 2.05) is 60.7 Å². The zero-order valence-corrected chi connectivity index (χ0v) is 31.0. The highest BCUT2D eigenvalue weighted by Crippen LogP contribution is 2.51. The number of hydrogen-bond acceptors (Lipinski definition) is 11. The van der Waals surface area contributed by atoms with Gasteiger partial charge < -0.3 is 30.4 Å². The Morgan fingerprint density at radius 3 is 1.56 bits per heavy atom. The Kier molecular flexibility index (Phi) is 17.2. The maximum Gasteiger partial charge on any atom is 0.472 e. The van der Waals surface area contributed by atoms with Crippen LogP contribution < -0.4 is 0 Å². The molecule has 0 aromatic heterocycles. The summed E-state index contributed by atoms with van der Waals surface area (Å²) < 4.78 is 24.4. The smallest absolute Gasteiger partial charge is 0.472 e. The van der Waals surface area contributed by atoms with Crippen molar-refractivity contribution in [2.24, 2.45) is 0 Å². The minimum absolute atomic E-state index is 0.0645. The predicted molar refractivity (Wildman–Crippen MR) is 193 cm³/mol. The number of phosphoric ester groups is 1. The monoisotopic (exact) mass is 779 g/mol. The van der Waals surface area contributed by atoms with E-state index in [2.05, 4.69) is 0 Å². The van der Waals surface area contributed by atoms with Crippen molar-refractivity contribution in [3.8, 4) is 0 Å². The van der Waals surface area contributed by atoms with Gasteiger partial charge in [-0.2, -0.15) is 0 Å². The Morgan fingerprint density at radius 2 is 1.15 bits per heavy atom. The highest BCUT2D eigenvalue weighted by Gasteiger charge is 2.41. The van der Waals surface area contributed by atoms with Crippen LogP contribution in [0, 0.1) is 0 Å². The third-order valence-electron chi connectivity index (χ3n) is 9.62. The molecular formula is C36H50N3O14P. The number of carboxylic acids is 5. The number of aliphatic carboxylic acids is 5. The van der Waals surface area contributed by atoms with Crippen molar-refractivity contribution in [3.63, 3.8) is 0 Å². The molecular weight excluding hydrogens is 729 g/mol. The van der Waals surface area contributed by atoms with Gasteiger partial charge in [0.15, 0.2) is 0 Å². The molecule has 1 fully saturated rings. The highest BCUT2D eigenvalue weighted by molar-refractivity contribution is 7.47. The number of carbonyl (C=O) groups is 5. The highest BCUT2D eigenvalue weighted by atomic mass is 31.2. The predicted octanol–water partition coefficient (Wildman–Crippen LogP) is 2.92. The summed E-state index contributed by atoms with van der Waals surface area (Å²) >= 11 is 0. The fourth-order valence-corrected chi connectivity index (χ4v) is 8.15. The molecule has 0 amide bonds. The molecule has 18 heteroatoms. The number of phosphoric acid groups is 1. The van der Waals surface area contributed by atoms with E-state index in [1.165, 1.54) is 9.80 Å². The van der Waals surface area contributed by atoms with E-state index in [0.29, 0.717) is 32.1 Å². The van der Waals surface area contributed by atoms with E-state index in [-0.39, 0.29) is 24.9 Å². The zero-order chi connectivity index (χ0) is 39.9. The van der Waals surface area contributed by atoms with Gasteiger partial charge in [-0.25, -0.2) is 4.57 Å². The van der Waals surface area contributed by atoms with Crippen LogP contribution in [0.15, 0.2) is 60.7 Å². The third-order valence-corrected chi connectivity index (χ3v) is 10.7. The van der Waals surface area contributed by atoms with Crippen LogP contribution in [0.5, 0.6) is 0 Å². The lowest BCUT2D eigenvalue weighted by atomic mass is 9.65. The normalized spacial score (nSPS) is 16.8. The van der Waals surface area contributed by atoms with Gasteiger partial charge in [0.25, 0.3) is 0 Å². The van der Waals surface area contributed by atoms with Gasteiger partial charge in [-0.15, -0.1) is 0 Å². The molecule has 1 aliphatic rings. The van der Waals surface area contributed by atoms with E-state index in [0.717, 1.165) is 16.0 Å². The molecule has 1 aliphatic carbocycles. The second-order valence-electron chi connectivity index (χ2n) is 13.4. The molecule has 298 valence electrons. The first-order valence-corrected chi connectivity index (χ1v) is 19.1. The summed E-state index contributed by atoms with van der Waals surface area (Å²) in [6.45, 7) is -2.88. The van der Waals surface area contributed by atoms with Crippen molar-refractivity contribution in [1.29, 1.82) is 0 Å². The van der Waals surface area contributed by atoms with Gasteiger partial charge in [-0.05, 0) is 49.7 Å². The topological polar surface area (TPSA) is 252 Å². The molecule has 0 radical (unpaired) electrons. The van der Waals surface area contributed by atoms with Crippen LogP contribution in [0.4, 0.5) is 0 Å². The van der Waals surface area contributed by atoms with Gasteiger partial charge in [-0.3, -0.25) is 47.7 Å². The number of carboxylic acid groups (broad SMARTS) is 5. The van der Waals surface area contributed by atoms with Gasteiger partial charge in [-0.1, -0.05) is 67.6 Å². The summed E-state index contributed by atoms with van der Waals surface area (Å²) in [5.41, 5.74) is 1.85. The third kappa shape index (κ3) is 14.2. The molecule has 0 saturated heterocycles. The molecule has 0 heterocycles. The molecule has 0 spiro atoms. The van der Waals surface area contributed by atoms with Crippen LogP contribution >= 0.6 is 7.82 Å². The first-order valence-electron chi connectivity index (χ1n) is 17.6. The van der Waals surface area contributed by atoms with E-state index >= 15 is 0 Å². The summed E-state index contributed by atoms with van der Waals surface area (Å²) in [4.78, 5) is 72.7. The Labute approximate surface area is 313 Å². The van der Waals surface area contributed by atoms with Gasteiger partial charge in [0, 0.05) is 30.6 Å². The van der Waals surface area contributed by atoms with Gasteiger partial charge >= 0.3 is 37.7 Å². The second kappa shape index (κ2) is 21.0. The largest absolute Gasteiger partial charge is 0.480 e. The maximum atomic E-state index is 13.4. The van der Waals surface area contributed by atoms with Crippen molar-refractivity contribution < 1.29 is 68.0 Å². The lowest BCUT2D eigenvalue weighted by molar-refractivity contribution is -0.146. The van der Waals surface area contributed by atoms with Crippen LogP contribution in [-0.4, -0.2) is 146 Å². The lowest BCUT2D eigenvalue weighted by Gasteiger charge is -2.41. The number of rotatable bonds is 25. The molecule has 3 atom stereocenters. The fourth-order valence-electron chi connectivity index (χ4n) is 7.14. The molecule has 17 nitrogen and oxygen atoms in total. The molecule has 54 heavy (non-hydrogen) atoms. The molecule has 3 rings (SSSR count). The standard InChI is InChI=1S/C36H50N3O14P/c1-2-28(38(21-32(42)43)22-33(44)45)15-18-37(20-31(40)41)19-29(39(23-34(46)47)24-35(48)49)25-52-54(50,51)53-30-13-16-36(17-14-30,26-9-5-3-6-10-26)27-11-7-4-8-12-27/h3-12,28-30H,2,13-25H2,1H3,(H,40,41)(H,42,43)(H,44,45)(H,46,47)(H,48,49)(H,50,51). The second-order valence-corrected chi connectivity index (χ2v) is 14.8. The molecule has 0 aliphatic heterocycles. The average Bonchev–Trinajstić information content (AvgIpc) is 3.09. The van der Waals surface area contributed by atoms with E-state index in [9.17, 15) is 59.0 Å². The van der Waals surface area contributed by atoms with Crippen molar-refractivity contribution in [2.45, 2.75) is 69.1 Å². The van der Waals surface area contributed by atoms with Crippen LogP contribution in [0.2, 0.25) is 0 Å². The van der Waals surface area contributed by atoms with Crippen LogP contribution in [0.3, 0.4) is 0 Å². The number of nitrogens with zero attached hydrogens (tertiary/aromatic N) is 3. The van der Waals surface area contributed by atoms with Crippen LogP contribution in [0.25, 0.3) is 0 Å².